The number of hydrogen-bond donors (Lipinski definition) is 0. The number of para-hydroxylation sites is 1. The number of halogens is 1. The van der Waals surface area contributed by atoms with Gasteiger partial charge in [0, 0.05) is 11.0 Å². The molecule has 0 fully saturated rings. The van der Waals surface area contributed by atoms with Crippen LogP contribution < -0.4 is 9.54 Å². The standard InChI is InChI=1S/C18H17BrN2O2S/c1-3-21-17-14(19)8-5-9-15(17)24-18(21)20-16(22)11-12-6-4-7-13(10-12)23-2/h4-10H,3,11H2,1-2H3. The average molecular weight is 405 g/mol. The first-order valence-electron chi connectivity index (χ1n) is 7.60. The SMILES string of the molecule is CCn1c(=NC(=O)Cc2cccc(OC)c2)sc2cccc(Br)c21. The van der Waals surface area contributed by atoms with E-state index in [1.54, 1.807) is 7.11 Å². The Balaban J connectivity index is 1.97. The first kappa shape index (κ1) is 16.9. The minimum absolute atomic E-state index is 0.159. The van der Waals surface area contributed by atoms with Gasteiger partial charge in [0.1, 0.15) is 5.75 Å². The summed E-state index contributed by atoms with van der Waals surface area (Å²) in [6.07, 6.45) is 0.260. The molecule has 0 saturated carbocycles. The topological polar surface area (TPSA) is 43.6 Å². The van der Waals surface area contributed by atoms with Crippen molar-refractivity contribution < 1.29 is 9.53 Å². The number of carbonyl (C=O) groups is 1. The second-order valence-corrected chi connectivity index (χ2v) is 7.11. The number of ether oxygens (including phenoxy) is 1. The van der Waals surface area contributed by atoms with Crippen LogP contribution in [0.5, 0.6) is 5.75 Å². The zero-order chi connectivity index (χ0) is 17.1. The van der Waals surface area contributed by atoms with E-state index in [1.807, 2.05) is 42.5 Å². The Hall–Kier alpha value is -1.92. The van der Waals surface area contributed by atoms with Crippen LogP contribution in [0.1, 0.15) is 12.5 Å². The van der Waals surface area contributed by atoms with E-state index in [0.29, 0.717) is 0 Å². The van der Waals surface area contributed by atoms with E-state index in [2.05, 4.69) is 32.4 Å². The lowest BCUT2D eigenvalue weighted by Crippen LogP contribution is -2.16. The molecule has 0 aliphatic carbocycles. The minimum atomic E-state index is -0.159. The van der Waals surface area contributed by atoms with Crippen LogP contribution in [-0.2, 0) is 17.8 Å². The number of hydrogen-bond acceptors (Lipinski definition) is 3. The number of rotatable bonds is 4. The van der Waals surface area contributed by atoms with Crippen LogP contribution in [0.2, 0.25) is 0 Å². The molecule has 0 aliphatic heterocycles. The molecule has 1 aromatic heterocycles. The average Bonchev–Trinajstić information content (AvgIpc) is 2.93. The molecule has 0 saturated heterocycles. The number of aryl methyl sites for hydroxylation is 1. The predicted molar refractivity (Wildman–Crippen MR) is 100 cm³/mol. The predicted octanol–water partition coefficient (Wildman–Crippen LogP) is 4.16. The molecule has 3 rings (SSSR count). The van der Waals surface area contributed by atoms with E-state index in [0.717, 1.165) is 37.3 Å². The van der Waals surface area contributed by atoms with E-state index >= 15 is 0 Å². The van der Waals surface area contributed by atoms with Gasteiger partial charge < -0.3 is 9.30 Å². The summed E-state index contributed by atoms with van der Waals surface area (Å²) in [5, 5.41) is 0. The van der Waals surface area contributed by atoms with Gasteiger partial charge in [-0.2, -0.15) is 4.99 Å². The second kappa shape index (κ2) is 7.32. The lowest BCUT2D eigenvalue weighted by Gasteiger charge is -2.03. The van der Waals surface area contributed by atoms with Crippen molar-refractivity contribution in [1.29, 1.82) is 0 Å². The summed E-state index contributed by atoms with van der Waals surface area (Å²) in [5.74, 6) is 0.586. The third-order valence-corrected chi connectivity index (χ3v) is 5.36. The van der Waals surface area contributed by atoms with Crippen LogP contribution in [0.4, 0.5) is 0 Å². The summed E-state index contributed by atoms with van der Waals surface area (Å²) >= 11 is 5.11. The fourth-order valence-corrected chi connectivity index (χ4v) is 4.42. The van der Waals surface area contributed by atoms with Gasteiger partial charge in [-0.1, -0.05) is 29.5 Å². The van der Waals surface area contributed by atoms with Gasteiger partial charge in [-0.3, -0.25) is 4.79 Å². The van der Waals surface area contributed by atoms with Gasteiger partial charge in [0.15, 0.2) is 4.80 Å². The molecule has 0 bridgehead atoms. The third-order valence-electron chi connectivity index (χ3n) is 3.68. The minimum Gasteiger partial charge on any atom is -0.497 e. The van der Waals surface area contributed by atoms with Gasteiger partial charge in [-0.25, -0.2) is 0 Å². The zero-order valence-electron chi connectivity index (χ0n) is 13.5. The van der Waals surface area contributed by atoms with Gasteiger partial charge >= 0.3 is 0 Å². The van der Waals surface area contributed by atoms with E-state index in [-0.39, 0.29) is 12.3 Å². The number of thiazole rings is 1. The highest BCUT2D eigenvalue weighted by atomic mass is 79.9. The van der Waals surface area contributed by atoms with Crippen LogP contribution in [0.25, 0.3) is 10.2 Å². The number of aromatic nitrogens is 1. The van der Waals surface area contributed by atoms with Gasteiger partial charge in [0.25, 0.3) is 5.91 Å². The van der Waals surface area contributed by atoms with Crippen molar-refractivity contribution in [3.63, 3.8) is 0 Å². The van der Waals surface area contributed by atoms with Crippen molar-refractivity contribution in [3.05, 3.63) is 57.3 Å². The molecule has 1 amide bonds. The summed E-state index contributed by atoms with van der Waals surface area (Å²) in [4.78, 5) is 17.5. The quantitative estimate of drug-likeness (QED) is 0.654. The summed E-state index contributed by atoms with van der Waals surface area (Å²) < 4.78 is 9.38. The van der Waals surface area contributed by atoms with Gasteiger partial charge in [-0.15, -0.1) is 0 Å². The normalized spacial score (nSPS) is 11.9. The van der Waals surface area contributed by atoms with E-state index < -0.39 is 0 Å². The molecule has 1 heterocycles. The molecule has 6 heteroatoms. The van der Waals surface area contributed by atoms with Crippen LogP contribution >= 0.6 is 27.3 Å². The van der Waals surface area contributed by atoms with Crippen molar-refractivity contribution in [1.82, 2.24) is 4.57 Å². The molecule has 0 radical (unpaired) electrons. The number of nitrogens with zero attached hydrogens (tertiary/aromatic N) is 2. The van der Waals surface area contributed by atoms with Crippen molar-refractivity contribution in [2.45, 2.75) is 19.9 Å². The maximum atomic E-state index is 12.4. The van der Waals surface area contributed by atoms with Crippen molar-refractivity contribution in [2.75, 3.05) is 7.11 Å². The Morgan fingerprint density at radius 3 is 2.83 bits per heavy atom. The molecular weight excluding hydrogens is 388 g/mol. The molecule has 0 unspecified atom stereocenters. The van der Waals surface area contributed by atoms with Crippen molar-refractivity contribution in [3.8, 4) is 5.75 Å². The molecule has 2 aromatic carbocycles. The third kappa shape index (κ3) is 3.44. The van der Waals surface area contributed by atoms with Crippen LogP contribution in [-0.4, -0.2) is 17.6 Å². The Morgan fingerprint density at radius 2 is 2.08 bits per heavy atom. The highest BCUT2D eigenvalue weighted by Gasteiger charge is 2.10. The molecule has 0 spiro atoms. The summed E-state index contributed by atoms with van der Waals surface area (Å²) in [6.45, 7) is 2.81. The first-order valence-corrected chi connectivity index (χ1v) is 9.21. The molecule has 3 aromatic rings. The number of methoxy groups -OCH3 is 1. The molecular formula is C18H17BrN2O2S. The van der Waals surface area contributed by atoms with E-state index in [4.69, 9.17) is 4.74 Å². The lowest BCUT2D eigenvalue weighted by molar-refractivity contribution is -0.117. The van der Waals surface area contributed by atoms with Crippen LogP contribution in [0.15, 0.2) is 51.9 Å². The Labute approximate surface area is 152 Å². The van der Waals surface area contributed by atoms with Gasteiger partial charge in [-0.05, 0) is 52.7 Å². The smallest absolute Gasteiger partial charge is 0.252 e. The zero-order valence-corrected chi connectivity index (χ0v) is 15.9. The van der Waals surface area contributed by atoms with Crippen molar-refractivity contribution >= 4 is 43.4 Å². The Bertz CT molecular complexity index is 959. The van der Waals surface area contributed by atoms with Crippen molar-refractivity contribution in [2.24, 2.45) is 4.99 Å². The monoisotopic (exact) mass is 404 g/mol. The van der Waals surface area contributed by atoms with Crippen LogP contribution in [0, 0.1) is 0 Å². The summed E-state index contributed by atoms with van der Waals surface area (Å²) in [7, 11) is 1.62. The number of amides is 1. The fraction of sp³-hybridized carbons (Fsp3) is 0.222. The highest BCUT2D eigenvalue weighted by molar-refractivity contribution is 9.10. The summed E-state index contributed by atoms with van der Waals surface area (Å²) in [5.41, 5.74) is 1.98. The molecule has 0 aliphatic rings. The van der Waals surface area contributed by atoms with E-state index in [1.165, 1.54) is 11.3 Å². The first-order chi connectivity index (χ1) is 11.6. The number of fused-ring (bicyclic) bond motifs is 1. The van der Waals surface area contributed by atoms with Gasteiger partial charge in [0.2, 0.25) is 0 Å². The van der Waals surface area contributed by atoms with E-state index in [9.17, 15) is 4.79 Å². The molecule has 124 valence electrons. The molecule has 4 nitrogen and oxygen atoms in total. The molecule has 0 N–H and O–H groups in total. The lowest BCUT2D eigenvalue weighted by atomic mass is 10.1. The largest absolute Gasteiger partial charge is 0.497 e. The summed E-state index contributed by atoms with van der Waals surface area (Å²) in [6, 6.07) is 13.5. The van der Waals surface area contributed by atoms with Gasteiger partial charge in [0.05, 0.1) is 23.7 Å². The molecule has 0 atom stereocenters. The highest BCUT2D eigenvalue weighted by Crippen LogP contribution is 2.25. The molecule has 24 heavy (non-hydrogen) atoms. The van der Waals surface area contributed by atoms with Crippen LogP contribution in [0.3, 0.4) is 0 Å². The number of benzene rings is 2. The Kier molecular flexibility index (Phi) is 5.16. The second-order valence-electron chi connectivity index (χ2n) is 5.25. The maximum Gasteiger partial charge on any atom is 0.252 e. The fourth-order valence-electron chi connectivity index (χ4n) is 2.57. The Morgan fingerprint density at radius 1 is 1.29 bits per heavy atom. The number of carbonyl (C=O) groups excluding carboxylic acids is 1. The maximum absolute atomic E-state index is 12.4.